The monoisotopic (exact) mass is 266 g/mol. The van der Waals surface area contributed by atoms with Gasteiger partial charge in [-0.1, -0.05) is 24.3 Å². The summed E-state index contributed by atoms with van der Waals surface area (Å²) in [4.78, 5) is 15.3. The number of aromatic nitrogens is 1. The van der Waals surface area contributed by atoms with E-state index in [-0.39, 0.29) is 5.91 Å². The number of H-pyrrole nitrogens is 1. The van der Waals surface area contributed by atoms with E-state index in [0.29, 0.717) is 17.1 Å². The van der Waals surface area contributed by atoms with Gasteiger partial charge in [-0.2, -0.15) is 0 Å². The van der Waals surface area contributed by atoms with Crippen LogP contribution in [0.4, 0.5) is 5.69 Å². The van der Waals surface area contributed by atoms with Crippen molar-refractivity contribution < 1.29 is 9.53 Å². The van der Waals surface area contributed by atoms with Gasteiger partial charge in [0.1, 0.15) is 11.4 Å². The van der Waals surface area contributed by atoms with Gasteiger partial charge in [-0.05, 0) is 24.3 Å². The van der Waals surface area contributed by atoms with Crippen molar-refractivity contribution in [3.8, 4) is 5.75 Å². The number of para-hydroxylation sites is 1. The summed E-state index contributed by atoms with van der Waals surface area (Å²) in [6.45, 7) is 0. The van der Waals surface area contributed by atoms with Crippen molar-refractivity contribution in [1.29, 1.82) is 0 Å². The summed E-state index contributed by atoms with van der Waals surface area (Å²) in [6.07, 6.45) is 0. The summed E-state index contributed by atoms with van der Waals surface area (Å²) in [5.41, 5.74) is 2.19. The number of methoxy groups -OCH3 is 1. The number of hydrogen-bond acceptors (Lipinski definition) is 2. The van der Waals surface area contributed by atoms with Gasteiger partial charge in [0, 0.05) is 22.7 Å². The van der Waals surface area contributed by atoms with Gasteiger partial charge in [0.25, 0.3) is 5.91 Å². The first-order chi connectivity index (χ1) is 9.76. The third kappa shape index (κ3) is 2.36. The lowest BCUT2D eigenvalue weighted by atomic mass is 10.2. The molecule has 1 heterocycles. The maximum Gasteiger partial charge on any atom is 0.272 e. The molecule has 4 heteroatoms. The van der Waals surface area contributed by atoms with Crippen LogP contribution < -0.4 is 10.1 Å². The van der Waals surface area contributed by atoms with E-state index < -0.39 is 0 Å². The van der Waals surface area contributed by atoms with Crippen LogP contribution in [-0.2, 0) is 0 Å². The maximum atomic E-state index is 12.2. The number of amides is 1. The first-order valence-corrected chi connectivity index (χ1v) is 6.29. The Morgan fingerprint density at radius 1 is 1.10 bits per heavy atom. The summed E-state index contributed by atoms with van der Waals surface area (Å²) < 4.78 is 5.13. The average molecular weight is 266 g/mol. The zero-order valence-corrected chi connectivity index (χ0v) is 11.0. The van der Waals surface area contributed by atoms with Gasteiger partial charge < -0.3 is 15.0 Å². The largest absolute Gasteiger partial charge is 0.497 e. The Kier molecular flexibility index (Phi) is 3.13. The van der Waals surface area contributed by atoms with Gasteiger partial charge in [0.05, 0.1) is 7.11 Å². The van der Waals surface area contributed by atoms with E-state index in [1.54, 1.807) is 13.2 Å². The highest BCUT2D eigenvalue weighted by atomic mass is 16.5. The normalized spacial score (nSPS) is 10.4. The molecule has 1 amide bonds. The fourth-order valence-corrected chi connectivity index (χ4v) is 2.09. The lowest BCUT2D eigenvalue weighted by molar-refractivity contribution is 0.102. The van der Waals surface area contributed by atoms with Crippen molar-refractivity contribution in [2.24, 2.45) is 0 Å². The van der Waals surface area contributed by atoms with E-state index in [4.69, 9.17) is 4.74 Å². The van der Waals surface area contributed by atoms with Crippen LogP contribution in [0.2, 0.25) is 0 Å². The molecular formula is C16H14N2O2. The fraction of sp³-hybridized carbons (Fsp3) is 0.0625. The number of hydrogen-bond donors (Lipinski definition) is 2. The number of carbonyl (C=O) groups excluding carboxylic acids is 1. The number of anilines is 1. The summed E-state index contributed by atoms with van der Waals surface area (Å²) in [6, 6.07) is 16.9. The zero-order valence-electron chi connectivity index (χ0n) is 11.0. The Bertz CT molecular complexity index is 729. The Morgan fingerprint density at radius 3 is 2.75 bits per heavy atom. The van der Waals surface area contributed by atoms with Crippen LogP contribution in [0, 0.1) is 0 Å². The van der Waals surface area contributed by atoms with E-state index in [1.807, 2.05) is 48.5 Å². The lowest BCUT2D eigenvalue weighted by Crippen LogP contribution is -2.12. The van der Waals surface area contributed by atoms with Gasteiger partial charge in [0.2, 0.25) is 0 Å². The van der Waals surface area contributed by atoms with Crippen LogP contribution in [-0.4, -0.2) is 18.0 Å². The molecule has 0 saturated heterocycles. The first-order valence-electron chi connectivity index (χ1n) is 6.29. The highest BCUT2D eigenvalue weighted by molar-refractivity contribution is 6.05. The van der Waals surface area contributed by atoms with Crippen LogP contribution >= 0.6 is 0 Å². The highest BCUT2D eigenvalue weighted by Gasteiger charge is 2.09. The topological polar surface area (TPSA) is 54.1 Å². The fourth-order valence-electron chi connectivity index (χ4n) is 2.09. The van der Waals surface area contributed by atoms with Gasteiger partial charge in [-0.15, -0.1) is 0 Å². The van der Waals surface area contributed by atoms with Crippen LogP contribution in [0.3, 0.4) is 0 Å². The van der Waals surface area contributed by atoms with Gasteiger partial charge in [-0.3, -0.25) is 4.79 Å². The molecule has 0 saturated carbocycles. The molecule has 0 spiro atoms. The minimum absolute atomic E-state index is 0.172. The number of carbonyl (C=O) groups is 1. The lowest BCUT2D eigenvalue weighted by Gasteiger charge is -2.05. The summed E-state index contributed by atoms with van der Waals surface area (Å²) in [5, 5.41) is 3.86. The molecule has 3 rings (SSSR count). The molecule has 0 aliphatic heterocycles. The highest BCUT2D eigenvalue weighted by Crippen LogP contribution is 2.19. The molecule has 100 valence electrons. The number of aromatic amines is 1. The molecular weight excluding hydrogens is 252 g/mol. The average Bonchev–Trinajstić information content (AvgIpc) is 2.91. The molecule has 3 aromatic rings. The number of benzene rings is 2. The van der Waals surface area contributed by atoms with E-state index in [1.165, 1.54) is 0 Å². The zero-order chi connectivity index (χ0) is 13.9. The van der Waals surface area contributed by atoms with E-state index in [9.17, 15) is 4.79 Å². The standard InChI is InChI=1S/C16H14N2O2/c1-20-13-7-4-6-12(10-13)17-16(19)15-9-11-5-2-3-8-14(11)18-15/h2-10,18H,1H3,(H,17,19). The van der Waals surface area contributed by atoms with Gasteiger partial charge in [-0.25, -0.2) is 0 Å². The number of ether oxygens (including phenoxy) is 1. The van der Waals surface area contributed by atoms with Crippen molar-refractivity contribution in [3.05, 3.63) is 60.3 Å². The van der Waals surface area contributed by atoms with E-state index in [0.717, 1.165) is 10.9 Å². The van der Waals surface area contributed by atoms with Crippen molar-refractivity contribution >= 4 is 22.5 Å². The van der Waals surface area contributed by atoms with Crippen molar-refractivity contribution in [1.82, 2.24) is 4.98 Å². The number of nitrogens with one attached hydrogen (secondary N) is 2. The van der Waals surface area contributed by atoms with Gasteiger partial charge >= 0.3 is 0 Å². The molecule has 4 nitrogen and oxygen atoms in total. The van der Waals surface area contributed by atoms with Crippen molar-refractivity contribution in [2.75, 3.05) is 12.4 Å². The molecule has 0 radical (unpaired) electrons. The molecule has 0 aliphatic rings. The number of rotatable bonds is 3. The molecule has 0 atom stereocenters. The van der Waals surface area contributed by atoms with E-state index in [2.05, 4.69) is 10.3 Å². The maximum absolute atomic E-state index is 12.2. The molecule has 0 aliphatic carbocycles. The molecule has 2 aromatic carbocycles. The van der Waals surface area contributed by atoms with Gasteiger partial charge in [0.15, 0.2) is 0 Å². The second-order valence-corrected chi connectivity index (χ2v) is 4.46. The van der Waals surface area contributed by atoms with Crippen LogP contribution in [0.5, 0.6) is 5.75 Å². The Hall–Kier alpha value is -2.75. The second kappa shape index (κ2) is 5.09. The SMILES string of the molecule is COc1cccc(NC(=O)c2cc3ccccc3[nH]2)c1. The predicted octanol–water partition coefficient (Wildman–Crippen LogP) is 3.43. The first kappa shape index (κ1) is 12.3. The van der Waals surface area contributed by atoms with Crippen molar-refractivity contribution in [3.63, 3.8) is 0 Å². The smallest absolute Gasteiger partial charge is 0.272 e. The molecule has 2 N–H and O–H groups in total. The summed E-state index contributed by atoms with van der Waals surface area (Å²) >= 11 is 0. The van der Waals surface area contributed by atoms with Crippen molar-refractivity contribution in [2.45, 2.75) is 0 Å². The predicted molar refractivity (Wildman–Crippen MR) is 79.2 cm³/mol. The minimum Gasteiger partial charge on any atom is -0.497 e. The third-order valence-electron chi connectivity index (χ3n) is 3.10. The summed E-state index contributed by atoms with van der Waals surface area (Å²) in [7, 11) is 1.60. The molecule has 0 unspecified atom stereocenters. The van der Waals surface area contributed by atoms with E-state index >= 15 is 0 Å². The number of fused-ring (bicyclic) bond motifs is 1. The molecule has 0 fully saturated rings. The van der Waals surface area contributed by atoms with Crippen LogP contribution in [0.1, 0.15) is 10.5 Å². The Morgan fingerprint density at radius 2 is 1.95 bits per heavy atom. The van der Waals surface area contributed by atoms with Crippen LogP contribution in [0.15, 0.2) is 54.6 Å². The quantitative estimate of drug-likeness (QED) is 0.763. The third-order valence-corrected chi connectivity index (χ3v) is 3.10. The second-order valence-electron chi connectivity index (χ2n) is 4.46. The Balaban J connectivity index is 1.85. The minimum atomic E-state index is -0.172. The molecule has 20 heavy (non-hydrogen) atoms. The molecule has 1 aromatic heterocycles. The Labute approximate surface area is 116 Å². The summed E-state index contributed by atoms with van der Waals surface area (Å²) in [5.74, 6) is 0.536. The van der Waals surface area contributed by atoms with Crippen LogP contribution in [0.25, 0.3) is 10.9 Å². The molecule has 0 bridgehead atoms.